The minimum Gasteiger partial charge on any atom is -0.460 e. The Kier molecular flexibility index (Phi) is 4.20. The highest BCUT2D eigenvalue weighted by Gasteiger charge is 2.36. The molecule has 0 aliphatic carbocycles. The number of imide groups is 1. The van der Waals surface area contributed by atoms with Crippen molar-refractivity contribution < 1.29 is 19.1 Å². The van der Waals surface area contributed by atoms with E-state index in [1.807, 2.05) is 18.2 Å². The van der Waals surface area contributed by atoms with Crippen molar-refractivity contribution in [3.05, 3.63) is 83.4 Å². The Hall–Kier alpha value is -3.47. The molecule has 1 heterocycles. The van der Waals surface area contributed by atoms with Gasteiger partial charge in [0, 0.05) is 16.5 Å². The fraction of sp³-hybridized carbons (Fsp3) is 0.136. The number of carbonyl (C=O) groups is 3. The molecule has 1 aliphatic rings. The molecule has 3 aromatic carbocycles. The number of hydrogen-bond donors (Lipinski definition) is 0. The summed E-state index contributed by atoms with van der Waals surface area (Å²) in [7, 11) is 0. The first-order valence-electron chi connectivity index (χ1n) is 8.69. The van der Waals surface area contributed by atoms with Gasteiger partial charge in [0.15, 0.2) is 0 Å². The first-order chi connectivity index (χ1) is 13.1. The smallest absolute Gasteiger partial charge is 0.338 e. The summed E-state index contributed by atoms with van der Waals surface area (Å²) in [5.41, 5.74) is 1.41. The normalized spacial score (nSPS) is 14.3. The third-order valence-corrected chi connectivity index (χ3v) is 4.71. The average molecular weight is 359 g/mol. The van der Waals surface area contributed by atoms with Crippen LogP contribution >= 0.6 is 0 Å². The maximum atomic E-state index is 12.9. The lowest BCUT2D eigenvalue weighted by Crippen LogP contribution is -2.47. The summed E-state index contributed by atoms with van der Waals surface area (Å²) in [4.78, 5) is 39.2. The van der Waals surface area contributed by atoms with Crippen LogP contribution in [0.1, 0.15) is 38.0 Å². The molecular formula is C22H17NO4. The fourth-order valence-electron chi connectivity index (χ4n) is 3.38. The highest BCUT2D eigenvalue weighted by Crippen LogP contribution is 2.30. The van der Waals surface area contributed by atoms with Crippen LogP contribution < -0.4 is 0 Å². The quantitative estimate of drug-likeness (QED) is 0.527. The first-order valence-corrected chi connectivity index (χ1v) is 8.69. The maximum absolute atomic E-state index is 12.9. The summed E-state index contributed by atoms with van der Waals surface area (Å²) in [6.45, 7) is 1.63. The maximum Gasteiger partial charge on any atom is 0.338 e. The van der Waals surface area contributed by atoms with Gasteiger partial charge < -0.3 is 4.74 Å². The number of nitrogens with zero attached hydrogens (tertiary/aromatic N) is 1. The molecule has 0 bridgehead atoms. The zero-order valence-corrected chi connectivity index (χ0v) is 14.7. The molecule has 134 valence electrons. The van der Waals surface area contributed by atoms with Gasteiger partial charge in [0.2, 0.25) is 0 Å². The number of ether oxygens (including phenoxy) is 1. The Morgan fingerprint density at radius 1 is 0.889 bits per heavy atom. The van der Waals surface area contributed by atoms with Gasteiger partial charge >= 0.3 is 5.97 Å². The molecule has 0 N–H and O–H groups in total. The van der Waals surface area contributed by atoms with E-state index in [1.165, 1.54) is 4.90 Å². The summed E-state index contributed by atoms with van der Waals surface area (Å²) < 4.78 is 5.32. The van der Waals surface area contributed by atoms with Crippen molar-refractivity contribution in [1.29, 1.82) is 0 Å². The van der Waals surface area contributed by atoms with Gasteiger partial charge in [-0.15, -0.1) is 0 Å². The molecule has 1 aliphatic heterocycles. The van der Waals surface area contributed by atoms with Gasteiger partial charge in [-0.1, -0.05) is 42.5 Å². The van der Waals surface area contributed by atoms with Crippen molar-refractivity contribution in [3.8, 4) is 0 Å². The Bertz CT molecular complexity index is 1010. The number of amides is 2. The minimum atomic E-state index is -0.582. The number of hydrogen-bond acceptors (Lipinski definition) is 4. The number of benzene rings is 3. The predicted molar refractivity (Wildman–Crippen MR) is 101 cm³/mol. The second-order valence-electron chi connectivity index (χ2n) is 6.50. The SMILES string of the molecule is C[C@H](COC(=O)c1ccccc1)N1C(=O)c2cccc3cccc(c23)C1=O. The summed E-state index contributed by atoms with van der Waals surface area (Å²) >= 11 is 0. The van der Waals surface area contributed by atoms with Crippen LogP contribution in [0.3, 0.4) is 0 Å². The molecule has 1 atom stereocenters. The van der Waals surface area contributed by atoms with E-state index in [-0.39, 0.29) is 18.4 Å². The summed E-state index contributed by atoms with van der Waals surface area (Å²) in [5.74, 6) is -1.22. The molecule has 0 unspecified atom stereocenters. The number of carbonyl (C=O) groups excluding carboxylic acids is 3. The van der Waals surface area contributed by atoms with Crippen molar-refractivity contribution in [2.24, 2.45) is 0 Å². The average Bonchev–Trinajstić information content (AvgIpc) is 2.71. The Morgan fingerprint density at radius 2 is 1.48 bits per heavy atom. The van der Waals surface area contributed by atoms with Crippen molar-refractivity contribution in [2.45, 2.75) is 13.0 Å². The molecule has 0 saturated carbocycles. The van der Waals surface area contributed by atoms with Gasteiger partial charge in [-0.05, 0) is 36.6 Å². The second-order valence-corrected chi connectivity index (χ2v) is 6.50. The molecule has 0 fully saturated rings. The van der Waals surface area contributed by atoms with E-state index >= 15 is 0 Å². The van der Waals surface area contributed by atoms with E-state index in [4.69, 9.17) is 4.74 Å². The Balaban J connectivity index is 1.58. The van der Waals surface area contributed by atoms with Gasteiger partial charge in [0.1, 0.15) is 6.61 Å². The molecular weight excluding hydrogens is 342 g/mol. The molecule has 3 aromatic rings. The lowest BCUT2D eigenvalue weighted by atomic mass is 9.93. The molecule has 0 spiro atoms. The van der Waals surface area contributed by atoms with E-state index in [0.29, 0.717) is 22.1 Å². The molecule has 0 radical (unpaired) electrons. The van der Waals surface area contributed by atoms with Crippen LogP contribution in [0.25, 0.3) is 10.8 Å². The lowest BCUT2D eigenvalue weighted by Gasteiger charge is -2.31. The van der Waals surface area contributed by atoms with E-state index in [1.54, 1.807) is 55.5 Å². The zero-order chi connectivity index (χ0) is 19.0. The van der Waals surface area contributed by atoms with E-state index in [0.717, 1.165) is 5.39 Å². The van der Waals surface area contributed by atoms with Crippen LogP contribution in [-0.4, -0.2) is 35.3 Å². The lowest BCUT2D eigenvalue weighted by molar-refractivity contribution is 0.0308. The van der Waals surface area contributed by atoms with Gasteiger partial charge in [-0.25, -0.2) is 4.79 Å². The van der Waals surface area contributed by atoms with Crippen molar-refractivity contribution in [2.75, 3.05) is 6.61 Å². The Labute approximate surface area is 156 Å². The van der Waals surface area contributed by atoms with Crippen LogP contribution in [0.15, 0.2) is 66.7 Å². The second kappa shape index (κ2) is 6.68. The van der Waals surface area contributed by atoms with Crippen LogP contribution in [0.5, 0.6) is 0 Å². The topological polar surface area (TPSA) is 63.7 Å². The Morgan fingerprint density at radius 3 is 2.07 bits per heavy atom. The van der Waals surface area contributed by atoms with Gasteiger partial charge in [-0.3, -0.25) is 14.5 Å². The zero-order valence-electron chi connectivity index (χ0n) is 14.7. The molecule has 0 saturated heterocycles. The monoisotopic (exact) mass is 359 g/mol. The molecule has 2 amide bonds. The van der Waals surface area contributed by atoms with Crippen molar-refractivity contribution in [1.82, 2.24) is 4.90 Å². The van der Waals surface area contributed by atoms with E-state index in [9.17, 15) is 14.4 Å². The van der Waals surface area contributed by atoms with Gasteiger partial charge in [-0.2, -0.15) is 0 Å². The highest BCUT2D eigenvalue weighted by atomic mass is 16.5. The van der Waals surface area contributed by atoms with Crippen LogP contribution in [0.2, 0.25) is 0 Å². The molecule has 5 heteroatoms. The summed E-state index contributed by atoms with van der Waals surface area (Å²) in [6.07, 6.45) is 0. The highest BCUT2D eigenvalue weighted by molar-refractivity contribution is 6.25. The predicted octanol–water partition coefficient (Wildman–Crippen LogP) is 3.68. The third-order valence-electron chi connectivity index (χ3n) is 4.71. The molecule has 0 aromatic heterocycles. The third kappa shape index (κ3) is 2.87. The fourth-order valence-corrected chi connectivity index (χ4v) is 3.38. The van der Waals surface area contributed by atoms with E-state index in [2.05, 4.69) is 0 Å². The standard InChI is InChI=1S/C22H17NO4/c1-14(13-27-22(26)16-7-3-2-4-8-16)23-20(24)17-11-5-9-15-10-6-12-18(19(15)17)21(23)25/h2-12,14H,13H2,1H3/t14-/m1/s1. The van der Waals surface area contributed by atoms with Gasteiger partial charge in [0.25, 0.3) is 11.8 Å². The minimum absolute atomic E-state index is 0.0661. The van der Waals surface area contributed by atoms with Crippen molar-refractivity contribution in [3.63, 3.8) is 0 Å². The van der Waals surface area contributed by atoms with Crippen LogP contribution in [-0.2, 0) is 4.74 Å². The number of esters is 1. The molecule has 5 nitrogen and oxygen atoms in total. The largest absolute Gasteiger partial charge is 0.460 e. The molecule has 27 heavy (non-hydrogen) atoms. The number of rotatable bonds is 4. The molecule has 4 rings (SSSR count). The van der Waals surface area contributed by atoms with Gasteiger partial charge in [0.05, 0.1) is 11.6 Å². The summed E-state index contributed by atoms with van der Waals surface area (Å²) in [5, 5.41) is 1.54. The van der Waals surface area contributed by atoms with Crippen LogP contribution in [0.4, 0.5) is 0 Å². The summed E-state index contributed by atoms with van der Waals surface area (Å²) in [6, 6.07) is 18.8. The van der Waals surface area contributed by atoms with Crippen LogP contribution in [0, 0.1) is 0 Å². The van der Waals surface area contributed by atoms with E-state index < -0.39 is 12.0 Å². The van der Waals surface area contributed by atoms with Crippen molar-refractivity contribution >= 4 is 28.6 Å². The first kappa shape index (κ1) is 17.0.